The Morgan fingerprint density at radius 2 is 1.82 bits per heavy atom. The molecule has 1 saturated carbocycles. The fourth-order valence-electron chi connectivity index (χ4n) is 2.64. The Hall–Kier alpha value is -1.19. The second-order valence-electron chi connectivity index (χ2n) is 6.12. The molecule has 1 aromatic heterocycles. The molecule has 4 heteroatoms. The van der Waals surface area contributed by atoms with Gasteiger partial charge in [-0.1, -0.05) is 40.0 Å². The quantitative estimate of drug-likeness (QED) is 0.788. The maximum Gasteiger partial charge on any atom is 0.290 e. The van der Waals surface area contributed by atoms with E-state index in [1.165, 1.54) is 19.3 Å². The fourth-order valence-corrected chi connectivity index (χ4v) is 2.64. The summed E-state index contributed by atoms with van der Waals surface area (Å²) >= 11 is 0. The van der Waals surface area contributed by atoms with Crippen LogP contribution in [0.15, 0.2) is 4.79 Å². The zero-order valence-corrected chi connectivity index (χ0v) is 11.0. The van der Waals surface area contributed by atoms with Gasteiger partial charge in [0.25, 0.3) is 5.56 Å². The number of nitrogens with zero attached hydrogens (tertiary/aromatic N) is 1. The fraction of sp³-hybridized carbons (Fsp3) is 0.769. The van der Waals surface area contributed by atoms with E-state index in [0.29, 0.717) is 11.7 Å². The smallest absolute Gasteiger partial charge is 0.290 e. The lowest BCUT2D eigenvalue weighted by molar-refractivity contribution is 0.319. The second kappa shape index (κ2) is 4.24. The Balaban J connectivity index is 2.39. The largest absolute Gasteiger partial charge is 0.393 e. The number of aromatic amines is 1. The maximum absolute atomic E-state index is 12.1. The topological polar surface area (TPSA) is 63.8 Å². The Labute approximate surface area is 102 Å². The zero-order valence-electron chi connectivity index (χ0n) is 11.0. The SMILES string of the molecule is CC(C)(C)c1[nH]n(C2CCCCC2)c(=O)c1N. The van der Waals surface area contributed by atoms with Gasteiger partial charge in [0, 0.05) is 5.41 Å². The van der Waals surface area contributed by atoms with E-state index in [2.05, 4.69) is 25.9 Å². The molecule has 0 bridgehead atoms. The minimum absolute atomic E-state index is 0.0400. The highest BCUT2D eigenvalue weighted by atomic mass is 16.1. The standard InChI is InChI=1S/C13H23N3O/c1-13(2,3)11-10(14)12(17)16(15-11)9-7-5-4-6-8-9/h9,15H,4-8,14H2,1-3H3. The molecule has 1 aliphatic rings. The molecule has 0 radical (unpaired) electrons. The van der Waals surface area contributed by atoms with E-state index in [9.17, 15) is 4.79 Å². The van der Waals surface area contributed by atoms with E-state index in [-0.39, 0.29) is 11.0 Å². The van der Waals surface area contributed by atoms with Crippen LogP contribution in [0.4, 0.5) is 5.69 Å². The molecule has 1 heterocycles. The summed E-state index contributed by atoms with van der Waals surface area (Å²) in [6, 6.07) is 0.314. The van der Waals surface area contributed by atoms with Gasteiger partial charge in [0.05, 0.1) is 11.7 Å². The van der Waals surface area contributed by atoms with Crippen molar-refractivity contribution < 1.29 is 0 Å². The molecule has 3 N–H and O–H groups in total. The summed E-state index contributed by atoms with van der Waals surface area (Å²) in [6.45, 7) is 6.21. The summed E-state index contributed by atoms with van der Waals surface area (Å²) in [7, 11) is 0. The summed E-state index contributed by atoms with van der Waals surface area (Å²) in [4.78, 5) is 12.1. The van der Waals surface area contributed by atoms with Crippen molar-refractivity contribution in [3.8, 4) is 0 Å². The van der Waals surface area contributed by atoms with Gasteiger partial charge in [0.2, 0.25) is 0 Å². The first-order valence-corrected chi connectivity index (χ1v) is 6.51. The third-order valence-electron chi connectivity index (χ3n) is 3.64. The molecule has 96 valence electrons. The monoisotopic (exact) mass is 237 g/mol. The van der Waals surface area contributed by atoms with Gasteiger partial charge in [-0.3, -0.25) is 9.89 Å². The van der Waals surface area contributed by atoms with Crippen molar-refractivity contribution in [2.45, 2.75) is 64.3 Å². The van der Waals surface area contributed by atoms with Gasteiger partial charge in [-0.2, -0.15) is 0 Å². The van der Waals surface area contributed by atoms with Gasteiger partial charge in [-0.25, -0.2) is 4.68 Å². The van der Waals surface area contributed by atoms with Crippen LogP contribution < -0.4 is 11.3 Å². The number of nitrogens with one attached hydrogen (secondary N) is 1. The number of nitrogen functional groups attached to an aromatic ring is 1. The first kappa shape index (κ1) is 12.3. The normalized spacial score (nSPS) is 18.5. The van der Waals surface area contributed by atoms with E-state index in [4.69, 9.17) is 5.73 Å². The second-order valence-corrected chi connectivity index (χ2v) is 6.12. The number of nitrogens with two attached hydrogens (primary N) is 1. The van der Waals surface area contributed by atoms with Crippen LogP contribution in [-0.2, 0) is 5.41 Å². The molecule has 0 aliphatic heterocycles. The summed E-state index contributed by atoms with van der Waals surface area (Å²) in [5.41, 5.74) is 7.04. The summed E-state index contributed by atoms with van der Waals surface area (Å²) in [5.74, 6) is 0. The first-order chi connectivity index (χ1) is 7.91. The molecule has 0 amide bonds. The molecule has 0 unspecified atom stereocenters. The average Bonchev–Trinajstić information content (AvgIpc) is 2.57. The van der Waals surface area contributed by atoms with Gasteiger partial charge in [0.15, 0.2) is 0 Å². The van der Waals surface area contributed by atoms with E-state index in [1.54, 1.807) is 4.68 Å². The minimum Gasteiger partial charge on any atom is -0.393 e. The van der Waals surface area contributed by atoms with Crippen LogP contribution in [0.3, 0.4) is 0 Å². The van der Waals surface area contributed by atoms with Crippen LogP contribution in [0.2, 0.25) is 0 Å². The van der Waals surface area contributed by atoms with Gasteiger partial charge in [-0.05, 0) is 12.8 Å². The molecule has 1 aromatic rings. The van der Waals surface area contributed by atoms with Crippen molar-refractivity contribution in [2.75, 3.05) is 5.73 Å². The molecule has 2 rings (SSSR count). The minimum atomic E-state index is -0.108. The van der Waals surface area contributed by atoms with Crippen molar-refractivity contribution in [1.29, 1.82) is 0 Å². The van der Waals surface area contributed by atoms with Crippen LogP contribution in [0.1, 0.15) is 64.6 Å². The van der Waals surface area contributed by atoms with Crippen molar-refractivity contribution in [3.05, 3.63) is 16.0 Å². The van der Waals surface area contributed by atoms with Gasteiger partial charge in [-0.15, -0.1) is 0 Å². The van der Waals surface area contributed by atoms with Crippen molar-refractivity contribution in [2.24, 2.45) is 0 Å². The predicted octanol–water partition coefficient (Wildman–Crippen LogP) is 2.56. The van der Waals surface area contributed by atoms with Gasteiger partial charge in [0.1, 0.15) is 5.69 Å². The lowest BCUT2D eigenvalue weighted by Gasteiger charge is -2.23. The Bertz CT molecular complexity index is 444. The number of aromatic nitrogens is 2. The van der Waals surface area contributed by atoms with Crippen molar-refractivity contribution in [3.63, 3.8) is 0 Å². The number of anilines is 1. The Kier molecular flexibility index (Phi) is 3.06. The van der Waals surface area contributed by atoms with Gasteiger partial charge < -0.3 is 5.73 Å². The average molecular weight is 237 g/mol. The molecular formula is C13H23N3O. The lowest BCUT2D eigenvalue weighted by Crippen LogP contribution is -2.25. The van der Waals surface area contributed by atoms with Crippen molar-refractivity contribution in [1.82, 2.24) is 9.78 Å². The number of hydrogen-bond acceptors (Lipinski definition) is 2. The Morgan fingerprint density at radius 1 is 1.24 bits per heavy atom. The third kappa shape index (κ3) is 2.26. The van der Waals surface area contributed by atoms with Crippen LogP contribution >= 0.6 is 0 Å². The molecule has 17 heavy (non-hydrogen) atoms. The molecule has 1 aliphatic carbocycles. The molecule has 0 saturated heterocycles. The van der Waals surface area contributed by atoms with E-state index >= 15 is 0 Å². The molecule has 0 aromatic carbocycles. The molecule has 0 atom stereocenters. The third-order valence-corrected chi connectivity index (χ3v) is 3.64. The van der Waals surface area contributed by atoms with E-state index in [1.807, 2.05) is 0 Å². The molecular weight excluding hydrogens is 214 g/mol. The highest BCUT2D eigenvalue weighted by Gasteiger charge is 2.26. The van der Waals surface area contributed by atoms with Crippen LogP contribution in [0.25, 0.3) is 0 Å². The van der Waals surface area contributed by atoms with Gasteiger partial charge >= 0.3 is 0 Å². The predicted molar refractivity (Wildman–Crippen MR) is 70.3 cm³/mol. The van der Waals surface area contributed by atoms with Crippen LogP contribution in [-0.4, -0.2) is 9.78 Å². The van der Waals surface area contributed by atoms with Crippen LogP contribution in [0, 0.1) is 0 Å². The lowest BCUT2D eigenvalue weighted by atomic mass is 9.91. The summed E-state index contributed by atoms with van der Waals surface area (Å²) in [6.07, 6.45) is 5.88. The van der Waals surface area contributed by atoms with E-state index in [0.717, 1.165) is 18.5 Å². The zero-order chi connectivity index (χ0) is 12.6. The van der Waals surface area contributed by atoms with Crippen LogP contribution in [0.5, 0.6) is 0 Å². The maximum atomic E-state index is 12.1. The first-order valence-electron chi connectivity index (χ1n) is 6.51. The Morgan fingerprint density at radius 3 is 2.29 bits per heavy atom. The summed E-state index contributed by atoms with van der Waals surface area (Å²) in [5, 5.41) is 3.24. The summed E-state index contributed by atoms with van der Waals surface area (Å²) < 4.78 is 1.76. The highest BCUT2D eigenvalue weighted by Crippen LogP contribution is 2.29. The highest BCUT2D eigenvalue weighted by molar-refractivity contribution is 5.44. The number of H-pyrrole nitrogens is 1. The number of hydrogen-bond donors (Lipinski definition) is 2. The van der Waals surface area contributed by atoms with Crippen molar-refractivity contribution >= 4 is 5.69 Å². The number of rotatable bonds is 1. The molecule has 1 fully saturated rings. The van der Waals surface area contributed by atoms with E-state index < -0.39 is 0 Å². The molecule has 4 nitrogen and oxygen atoms in total. The molecule has 0 spiro atoms.